The molecule has 0 spiro atoms. The van der Waals surface area contributed by atoms with Gasteiger partial charge in [0.2, 0.25) is 0 Å². The van der Waals surface area contributed by atoms with Crippen LogP contribution in [0.25, 0.3) is 0 Å². The smallest absolute Gasteiger partial charge is 0.842 e. The first kappa shape index (κ1) is 10.8. The Morgan fingerprint density at radius 3 is 1.50 bits per heavy atom. The van der Waals surface area contributed by atoms with Crippen molar-refractivity contribution in [2.75, 3.05) is 0 Å². The molecule has 3 heteroatoms. The number of rotatable bonds is 0. The van der Waals surface area contributed by atoms with Crippen molar-refractivity contribution in [1.29, 1.82) is 0 Å². The SMILES string of the molecule is CC(C)([O-])S.[K+]. The van der Waals surface area contributed by atoms with E-state index in [4.69, 9.17) is 0 Å². The molecule has 1 nitrogen and oxygen atoms in total. The van der Waals surface area contributed by atoms with Gasteiger partial charge in [-0.05, 0) is 0 Å². The Hall–Kier alpha value is 1.95. The Kier molecular flexibility index (Phi) is 7.03. The van der Waals surface area contributed by atoms with Gasteiger partial charge in [-0.1, -0.05) is 18.8 Å². The van der Waals surface area contributed by atoms with Gasteiger partial charge in [0.05, 0.1) is 0 Å². The molecule has 0 aromatic heterocycles. The minimum atomic E-state index is -1.06. The van der Waals surface area contributed by atoms with E-state index in [0.29, 0.717) is 0 Å². The predicted molar refractivity (Wildman–Crippen MR) is 23.1 cm³/mol. The Balaban J connectivity index is 0. The first-order valence-corrected chi connectivity index (χ1v) is 1.87. The van der Waals surface area contributed by atoms with Gasteiger partial charge in [0.1, 0.15) is 0 Å². The van der Waals surface area contributed by atoms with Gasteiger partial charge in [0, 0.05) is 0 Å². The summed E-state index contributed by atoms with van der Waals surface area (Å²) < 4.78 is 0. The van der Waals surface area contributed by atoms with Crippen LogP contribution in [0.4, 0.5) is 0 Å². The molecular formula is C3H7KOS. The van der Waals surface area contributed by atoms with Crippen molar-refractivity contribution < 1.29 is 56.5 Å². The average molecular weight is 130 g/mol. The van der Waals surface area contributed by atoms with Crippen molar-refractivity contribution in [3.05, 3.63) is 0 Å². The summed E-state index contributed by atoms with van der Waals surface area (Å²) in [5, 5.41) is 9.97. The summed E-state index contributed by atoms with van der Waals surface area (Å²) >= 11 is 3.57. The van der Waals surface area contributed by atoms with Crippen LogP contribution in [0.1, 0.15) is 13.8 Å². The molecule has 0 unspecified atom stereocenters. The Morgan fingerprint density at radius 1 is 1.50 bits per heavy atom. The van der Waals surface area contributed by atoms with Gasteiger partial charge in [-0.15, -0.1) is 0 Å². The molecule has 6 heavy (non-hydrogen) atoms. The van der Waals surface area contributed by atoms with E-state index in [1.165, 1.54) is 13.8 Å². The monoisotopic (exact) mass is 130 g/mol. The first-order valence-electron chi connectivity index (χ1n) is 1.43. The van der Waals surface area contributed by atoms with Gasteiger partial charge in [0.15, 0.2) is 0 Å². The molecule has 0 aromatic rings. The van der Waals surface area contributed by atoms with E-state index in [0.717, 1.165) is 0 Å². The maximum absolute atomic E-state index is 9.97. The molecule has 0 aliphatic rings. The van der Waals surface area contributed by atoms with Crippen molar-refractivity contribution in [2.45, 2.75) is 18.8 Å². The molecule has 0 aliphatic heterocycles. The molecule has 0 heterocycles. The van der Waals surface area contributed by atoms with Crippen LogP contribution in [0.3, 0.4) is 0 Å². The molecule has 0 atom stereocenters. The van der Waals surface area contributed by atoms with Crippen LogP contribution in [-0.4, -0.2) is 4.93 Å². The molecule has 0 saturated heterocycles. The van der Waals surface area contributed by atoms with E-state index in [9.17, 15) is 5.11 Å². The van der Waals surface area contributed by atoms with Crippen molar-refractivity contribution in [2.24, 2.45) is 0 Å². The van der Waals surface area contributed by atoms with Crippen LogP contribution >= 0.6 is 12.6 Å². The topological polar surface area (TPSA) is 23.1 Å². The molecule has 0 bridgehead atoms. The van der Waals surface area contributed by atoms with Crippen molar-refractivity contribution >= 4 is 12.6 Å². The molecule has 0 radical (unpaired) electrons. The van der Waals surface area contributed by atoms with Crippen LogP contribution in [-0.2, 0) is 0 Å². The van der Waals surface area contributed by atoms with Crippen LogP contribution in [0.15, 0.2) is 0 Å². The number of hydrogen-bond acceptors (Lipinski definition) is 2. The second-order valence-corrected chi connectivity index (χ2v) is 2.52. The van der Waals surface area contributed by atoms with E-state index in [2.05, 4.69) is 12.6 Å². The van der Waals surface area contributed by atoms with Gasteiger partial charge >= 0.3 is 51.4 Å². The molecule has 0 amide bonds. The normalized spacial score (nSPS) is 10.0. The number of thiol groups is 1. The molecule has 0 aliphatic carbocycles. The minimum Gasteiger partial charge on any atom is -0.842 e. The Morgan fingerprint density at radius 2 is 1.50 bits per heavy atom. The summed E-state index contributed by atoms with van der Waals surface area (Å²) in [6.07, 6.45) is 0. The summed E-state index contributed by atoms with van der Waals surface area (Å²) in [7, 11) is 0. The summed E-state index contributed by atoms with van der Waals surface area (Å²) in [5.74, 6) is 0. The zero-order valence-corrected chi connectivity index (χ0v) is 8.37. The molecule has 0 N–H and O–H groups in total. The van der Waals surface area contributed by atoms with Gasteiger partial charge in [-0.25, -0.2) is 0 Å². The van der Waals surface area contributed by atoms with E-state index in [1.807, 2.05) is 0 Å². The Labute approximate surface area is 86.3 Å². The second-order valence-electron chi connectivity index (χ2n) is 1.45. The summed E-state index contributed by atoms with van der Waals surface area (Å²) in [5.41, 5.74) is 0. The number of hydrogen-bond donors (Lipinski definition) is 1. The molecular weight excluding hydrogens is 123 g/mol. The third-order valence-corrected chi connectivity index (χ3v) is 0. The Bertz CT molecular complexity index is 26.3. The molecule has 0 saturated carbocycles. The minimum absolute atomic E-state index is 0. The fourth-order valence-corrected chi connectivity index (χ4v) is 0. The average Bonchev–Trinajstić information content (AvgIpc) is 0.722. The van der Waals surface area contributed by atoms with Crippen LogP contribution in [0, 0.1) is 0 Å². The fraction of sp³-hybridized carbons (Fsp3) is 1.00. The first-order chi connectivity index (χ1) is 2.00. The molecule has 32 valence electrons. The maximum Gasteiger partial charge on any atom is 1.00 e. The zero-order valence-electron chi connectivity index (χ0n) is 4.36. The predicted octanol–water partition coefficient (Wildman–Crippen LogP) is -2.98. The standard InChI is InChI=1S/C3H7OS.K/c1-3(2,4)5;/h5H,1-2H3;/q-1;+1. The zero-order chi connectivity index (χ0) is 4.50. The van der Waals surface area contributed by atoms with E-state index < -0.39 is 4.93 Å². The summed E-state index contributed by atoms with van der Waals surface area (Å²) in [6.45, 7) is 2.99. The van der Waals surface area contributed by atoms with E-state index in [1.54, 1.807) is 0 Å². The fourth-order valence-electron chi connectivity index (χ4n) is 0. The third kappa shape index (κ3) is 38.4. The van der Waals surface area contributed by atoms with Crippen LogP contribution in [0.2, 0.25) is 0 Å². The van der Waals surface area contributed by atoms with Gasteiger partial charge in [-0.3, -0.25) is 0 Å². The second kappa shape index (κ2) is 3.89. The van der Waals surface area contributed by atoms with Gasteiger partial charge in [0.25, 0.3) is 0 Å². The molecule has 0 aromatic carbocycles. The van der Waals surface area contributed by atoms with Crippen molar-refractivity contribution in [3.8, 4) is 0 Å². The molecule has 0 rings (SSSR count). The van der Waals surface area contributed by atoms with Crippen LogP contribution < -0.4 is 56.5 Å². The van der Waals surface area contributed by atoms with E-state index in [-0.39, 0.29) is 51.4 Å². The van der Waals surface area contributed by atoms with Crippen LogP contribution in [0.5, 0.6) is 0 Å². The van der Waals surface area contributed by atoms with Gasteiger partial charge < -0.3 is 5.11 Å². The van der Waals surface area contributed by atoms with Gasteiger partial charge in [-0.2, -0.15) is 12.6 Å². The van der Waals surface area contributed by atoms with E-state index >= 15 is 0 Å². The maximum atomic E-state index is 9.97. The quantitative estimate of drug-likeness (QED) is 0.211. The largest absolute Gasteiger partial charge is 1.00 e. The third-order valence-electron chi connectivity index (χ3n) is 0. The molecule has 0 fully saturated rings. The van der Waals surface area contributed by atoms with Crippen molar-refractivity contribution in [1.82, 2.24) is 0 Å². The summed E-state index contributed by atoms with van der Waals surface area (Å²) in [4.78, 5) is -1.06. The summed E-state index contributed by atoms with van der Waals surface area (Å²) in [6, 6.07) is 0. The van der Waals surface area contributed by atoms with Crippen molar-refractivity contribution in [3.63, 3.8) is 0 Å².